The van der Waals surface area contributed by atoms with Gasteiger partial charge in [0, 0.05) is 12.0 Å². The van der Waals surface area contributed by atoms with Crippen molar-refractivity contribution >= 4 is 21.6 Å². The number of hydrogen-bond donors (Lipinski definition) is 1. The van der Waals surface area contributed by atoms with Gasteiger partial charge in [-0.2, -0.15) is 0 Å². The highest BCUT2D eigenvalue weighted by Crippen LogP contribution is 2.34. The summed E-state index contributed by atoms with van der Waals surface area (Å²) >= 11 is 1.77. The van der Waals surface area contributed by atoms with Gasteiger partial charge in [-0.25, -0.2) is 4.98 Å². The van der Waals surface area contributed by atoms with Crippen LogP contribution in [0.15, 0.2) is 18.2 Å². The number of nitrogens with zero attached hydrogens (tertiary/aromatic N) is 1. The van der Waals surface area contributed by atoms with E-state index in [-0.39, 0.29) is 5.41 Å². The van der Waals surface area contributed by atoms with Gasteiger partial charge >= 0.3 is 0 Å². The number of nitrogens with two attached hydrogens (primary N) is 1. The van der Waals surface area contributed by atoms with Crippen molar-refractivity contribution in [2.75, 3.05) is 6.54 Å². The molecule has 2 N–H and O–H groups in total. The molecule has 3 heteroatoms. The summed E-state index contributed by atoms with van der Waals surface area (Å²) in [7, 11) is 0. The van der Waals surface area contributed by atoms with Crippen LogP contribution in [0.5, 0.6) is 0 Å². The van der Waals surface area contributed by atoms with Gasteiger partial charge in [0.05, 0.1) is 10.2 Å². The second kappa shape index (κ2) is 4.39. The first-order chi connectivity index (χ1) is 7.95. The second-order valence-electron chi connectivity index (χ2n) is 5.46. The van der Waals surface area contributed by atoms with E-state index in [2.05, 4.69) is 45.9 Å². The molecule has 0 bridgehead atoms. The summed E-state index contributed by atoms with van der Waals surface area (Å²) < 4.78 is 1.27. The Morgan fingerprint density at radius 1 is 1.35 bits per heavy atom. The molecule has 0 saturated carbocycles. The van der Waals surface area contributed by atoms with Crippen molar-refractivity contribution in [2.45, 2.75) is 39.0 Å². The van der Waals surface area contributed by atoms with Crippen molar-refractivity contribution < 1.29 is 0 Å². The fraction of sp³-hybridized carbons (Fsp3) is 0.500. The quantitative estimate of drug-likeness (QED) is 0.900. The molecule has 2 rings (SSSR count). The molecule has 2 aromatic rings. The maximum atomic E-state index is 5.82. The molecule has 0 aliphatic carbocycles. The number of aromatic nitrogens is 1. The Balaban J connectivity index is 2.62. The van der Waals surface area contributed by atoms with Crippen LogP contribution in [0.3, 0.4) is 0 Å². The Kier molecular flexibility index (Phi) is 3.23. The van der Waals surface area contributed by atoms with Crippen molar-refractivity contribution in [1.29, 1.82) is 0 Å². The highest BCUT2D eigenvalue weighted by atomic mass is 32.1. The summed E-state index contributed by atoms with van der Waals surface area (Å²) in [6, 6.07) is 6.44. The van der Waals surface area contributed by atoms with Gasteiger partial charge in [-0.1, -0.05) is 39.8 Å². The van der Waals surface area contributed by atoms with Gasteiger partial charge in [0.25, 0.3) is 0 Å². The van der Waals surface area contributed by atoms with E-state index in [1.54, 1.807) is 11.3 Å². The summed E-state index contributed by atoms with van der Waals surface area (Å²) in [5.41, 5.74) is 8.28. The van der Waals surface area contributed by atoms with E-state index in [4.69, 9.17) is 10.7 Å². The van der Waals surface area contributed by atoms with Gasteiger partial charge in [-0.15, -0.1) is 11.3 Å². The van der Waals surface area contributed by atoms with Gasteiger partial charge < -0.3 is 5.73 Å². The Bertz CT molecular complexity index is 526. The number of rotatable bonds is 3. The van der Waals surface area contributed by atoms with Crippen LogP contribution in [0, 0.1) is 0 Å². The minimum Gasteiger partial charge on any atom is -0.330 e. The Morgan fingerprint density at radius 2 is 2.06 bits per heavy atom. The molecule has 92 valence electrons. The fourth-order valence-corrected chi connectivity index (χ4v) is 2.92. The molecule has 0 unspecified atom stereocenters. The lowest BCUT2D eigenvalue weighted by Gasteiger charge is -2.18. The summed E-state index contributed by atoms with van der Waals surface area (Å²) in [4.78, 5) is 4.81. The summed E-state index contributed by atoms with van der Waals surface area (Å²) in [5.74, 6) is 0.509. The Labute approximate surface area is 107 Å². The van der Waals surface area contributed by atoms with E-state index in [0.29, 0.717) is 12.5 Å². The number of para-hydroxylation sites is 1. The van der Waals surface area contributed by atoms with Gasteiger partial charge in [0.2, 0.25) is 0 Å². The normalized spacial score (nSPS) is 12.6. The Morgan fingerprint density at radius 3 is 2.65 bits per heavy atom. The van der Waals surface area contributed by atoms with Gasteiger partial charge in [-0.3, -0.25) is 0 Å². The molecule has 0 saturated heterocycles. The zero-order valence-electron chi connectivity index (χ0n) is 10.9. The molecule has 1 aromatic heterocycles. The standard InChI is InChI=1S/C14H20N2S/c1-9(2)10-6-5-7-11-12(10)16-13(17-11)14(3,4)8-15/h5-7,9H,8,15H2,1-4H3. The monoisotopic (exact) mass is 248 g/mol. The topological polar surface area (TPSA) is 38.9 Å². The van der Waals surface area contributed by atoms with E-state index in [9.17, 15) is 0 Å². The third-order valence-corrected chi connectivity index (χ3v) is 4.55. The largest absolute Gasteiger partial charge is 0.330 e. The van der Waals surface area contributed by atoms with Crippen molar-refractivity contribution in [2.24, 2.45) is 5.73 Å². The van der Waals surface area contributed by atoms with E-state index in [0.717, 1.165) is 10.5 Å². The van der Waals surface area contributed by atoms with Crippen molar-refractivity contribution in [1.82, 2.24) is 4.98 Å². The minimum atomic E-state index is -0.0298. The summed E-state index contributed by atoms with van der Waals surface area (Å²) in [6.45, 7) is 9.35. The van der Waals surface area contributed by atoms with E-state index in [1.165, 1.54) is 10.3 Å². The average Bonchev–Trinajstić information content (AvgIpc) is 2.72. The van der Waals surface area contributed by atoms with E-state index in [1.807, 2.05) is 0 Å². The molecule has 0 amide bonds. The molecule has 1 heterocycles. The van der Waals surface area contributed by atoms with Crippen LogP contribution < -0.4 is 5.73 Å². The molecule has 0 fully saturated rings. The highest BCUT2D eigenvalue weighted by Gasteiger charge is 2.23. The van der Waals surface area contributed by atoms with Crippen molar-refractivity contribution in [3.8, 4) is 0 Å². The Hall–Kier alpha value is -0.930. The maximum absolute atomic E-state index is 5.82. The lowest BCUT2D eigenvalue weighted by Crippen LogP contribution is -2.27. The summed E-state index contributed by atoms with van der Waals surface area (Å²) in [6.07, 6.45) is 0. The lowest BCUT2D eigenvalue weighted by molar-refractivity contribution is 0.536. The highest BCUT2D eigenvalue weighted by molar-refractivity contribution is 7.18. The van der Waals surface area contributed by atoms with Crippen LogP contribution in [0.2, 0.25) is 0 Å². The first-order valence-corrected chi connectivity index (χ1v) is 6.87. The molecule has 1 aromatic carbocycles. The predicted molar refractivity (Wildman–Crippen MR) is 75.8 cm³/mol. The molecule has 0 radical (unpaired) electrons. The van der Waals surface area contributed by atoms with Gasteiger partial charge in [0.1, 0.15) is 5.01 Å². The first kappa shape index (κ1) is 12.5. The third kappa shape index (κ3) is 2.22. The fourth-order valence-electron chi connectivity index (χ4n) is 1.81. The van der Waals surface area contributed by atoms with Crippen molar-refractivity contribution in [3.63, 3.8) is 0 Å². The lowest BCUT2D eigenvalue weighted by atomic mass is 9.95. The molecular formula is C14H20N2S. The molecule has 17 heavy (non-hydrogen) atoms. The SMILES string of the molecule is CC(C)c1cccc2sc(C(C)(C)CN)nc12. The first-order valence-electron chi connectivity index (χ1n) is 6.05. The number of hydrogen-bond acceptors (Lipinski definition) is 3. The van der Waals surface area contributed by atoms with Crippen LogP contribution in [-0.4, -0.2) is 11.5 Å². The van der Waals surface area contributed by atoms with Gasteiger partial charge in [0.15, 0.2) is 0 Å². The smallest absolute Gasteiger partial charge is 0.101 e. The molecule has 0 atom stereocenters. The van der Waals surface area contributed by atoms with E-state index >= 15 is 0 Å². The van der Waals surface area contributed by atoms with Crippen LogP contribution in [0.4, 0.5) is 0 Å². The van der Waals surface area contributed by atoms with Crippen LogP contribution >= 0.6 is 11.3 Å². The van der Waals surface area contributed by atoms with E-state index < -0.39 is 0 Å². The third-order valence-electron chi connectivity index (χ3n) is 3.16. The minimum absolute atomic E-state index is 0.0298. The van der Waals surface area contributed by atoms with Crippen LogP contribution in [0.1, 0.15) is 44.2 Å². The average molecular weight is 248 g/mol. The van der Waals surface area contributed by atoms with Crippen molar-refractivity contribution in [3.05, 3.63) is 28.8 Å². The number of benzene rings is 1. The predicted octanol–water partition coefficient (Wildman–Crippen LogP) is 3.66. The zero-order chi connectivity index (χ0) is 12.6. The molecule has 2 nitrogen and oxygen atoms in total. The number of thiazole rings is 1. The van der Waals surface area contributed by atoms with Crippen LogP contribution in [-0.2, 0) is 5.41 Å². The van der Waals surface area contributed by atoms with Gasteiger partial charge in [-0.05, 0) is 17.5 Å². The molecule has 0 aliphatic heterocycles. The maximum Gasteiger partial charge on any atom is 0.101 e. The zero-order valence-corrected chi connectivity index (χ0v) is 11.8. The molecule has 0 spiro atoms. The molecular weight excluding hydrogens is 228 g/mol. The van der Waals surface area contributed by atoms with Crippen LogP contribution in [0.25, 0.3) is 10.2 Å². The summed E-state index contributed by atoms with van der Waals surface area (Å²) in [5, 5.41) is 1.14. The second-order valence-corrected chi connectivity index (χ2v) is 6.49. The number of fused-ring (bicyclic) bond motifs is 1. The molecule has 0 aliphatic rings.